The van der Waals surface area contributed by atoms with Crippen LogP contribution in [0.5, 0.6) is 5.75 Å². The van der Waals surface area contributed by atoms with E-state index < -0.39 is 20.0 Å². The van der Waals surface area contributed by atoms with E-state index in [1.165, 1.54) is 47.8 Å². The maximum absolute atomic E-state index is 13.2. The van der Waals surface area contributed by atoms with Gasteiger partial charge < -0.3 is 9.64 Å². The van der Waals surface area contributed by atoms with Crippen molar-refractivity contribution >= 4 is 60.5 Å². The molecule has 4 rings (SSSR count). The number of methoxy groups -OCH3 is 1. The van der Waals surface area contributed by atoms with Crippen molar-refractivity contribution in [1.29, 1.82) is 0 Å². The van der Waals surface area contributed by atoms with Crippen LogP contribution in [-0.4, -0.2) is 61.0 Å². The number of benzene rings is 3. The van der Waals surface area contributed by atoms with Gasteiger partial charge in [-0.05, 0) is 54.4 Å². The van der Waals surface area contributed by atoms with Crippen LogP contribution in [-0.2, 0) is 26.5 Å². The molecule has 0 spiro atoms. The fourth-order valence-corrected chi connectivity index (χ4v) is 7.61. The molecule has 3 aromatic carbocycles. The maximum atomic E-state index is 13.2. The van der Waals surface area contributed by atoms with Crippen molar-refractivity contribution in [3.63, 3.8) is 0 Å². The summed E-state index contributed by atoms with van der Waals surface area (Å²) < 4.78 is 74.8. The van der Waals surface area contributed by atoms with Crippen molar-refractivity contribution in [3.8, 4) is 5.75 Å². The van der Waals surface area contributed by atoms with Gasteiger partial charge in [-0.25, -0.2) is 25.9 Å². The van der Waals surface area contributed by atoms with E-state index in [1.54, 1.807) is 18.2 Å². The minimum absolute atomic E-state index is 0.0293. The summed E-state index contributed by atoms with van der Waals surface area (Å²) in [5.41, 5.74) is 1.31. The van der Waals surface area contributed by atoms with Crippen LogP contribution in [0.1, 0.15) is 5.56 Å². The first-order valence-electron chi connectivity index (χ1n) is 11.7. The van der Waals surface area contributed by atoms with Gasteiger partial charge in [0.1, 0.15) is 16.5 Å². The highest BCUT2D eigenvalue weighted by atomic mass is 35.5. The fourth-order valence-electron chi connectivity index (χ4n) is 4.16. The molecule has 39 heavy (non-hydrogen) atoms. The quantitative estimate of drug-likeness (QED) is 0.338. The molecule has 1 saturated heterocycles. The molecule has 0 unspecified atom stereocenters. The smallest absolute Gasteiger partial charge is 0.244 e. The van der Waals surface area contributed by atoms with E-state index in [0.717, 1.165) is 5.56 Å². The molecule has 0 saturated carbocycles. The number of halogens is 4. The molecule has 14 heteroatoms. The second-order valence-electron chi connectivity index (χ2n) is 8.70. The van der Waals surface area contributed by atoms with E-state index in [-0.39, 0.29) is 63.4 Å². The zero-order valence-corrected chi connectivity index (χ0v) is 24.6. The predicted octanol–water partition coefficient (Wildman–Crippen LogP) is 4.83. The second kappa shape index (κ2) is 12.2. The number of hydrogen-bond donors (Lipinski definition) is 1. The van der Waals surface area contributed by atoms with E-state index in [1.807, 2.05) is 4.90 Å². The first-order valence-corrected chi connectivity index (χ1v) is 15.8. The molecule has 8 nitrogen and oxygen atoms in total. The largest absolute Gasteiger partial charge is 0.495 e. The number of piperazine rings is 1. The predicted molar refractivity (Wildman–Crippen MR) is 151 cm³/mol. The first kappa shape index (κ1) is 29.9. The number of rotatable bonds is 9. The summed E-state index contributed by atoms with van der Waals surface area (Å²) in [6.07, 6.45) is 0.391. The van der Waals surface area contributed by atoms with Gasteiger partial charge in [-0.2, -0.15) is 4.31 Å². The molecule has 0 amide bonds. The Labute approximate surface area is 242 Å². The van der Waals surface area contributed by atoms with Gasteiger partial charge in [0.05, 0.1) is 32.8 Å². The normalized spacial score (nSPS) is 14.9. The Bertz CT molecular complexity index is 1560. The van der Waals surface area contributed by atoms with Gasteiger partial charge in [0.2, 0.25) is 20.0 Å². The molecular weight excluding hydrogens is 612 g/mol. The lowest BCUT2D eigenvalue weighted by Crippen LogP contribution is -2.48. The minimum atomic E-state index is -3.95. The molecule has 1 heterocycles. The van der Waals surface area contributed by atoms with E-state index >= 15 is 0 Å². The lowest BCUT2D eigenvalue weighted by Gasteiger charge is -2.36. The third-order valence-electron chi connectivity index (χ3n) is 6.25. The summed E-state index contributed by atoms with van der Waals surface area (Å²) in [5, 5.41) is 0.197. The van der Waals surface area contributed by atoms with Crippen LogP contribution >= 0.6 is 34.8 Å². The highest BCUT2D eigenvalue weighted by Crippen LogP contribution is 2.35. The zero-order valence-electron chi connectivity index (χ0n) is 20.7. The summed E-state index contributed by atoms with van der Waals surface area (Å²) in [6.45, 7) is 0.916. The Morgan fingerprint density at radius 1 is 0.872 bits per heavy atom. The van der Waals surface area contributed by atoms with Gasteiger partial charge in [-0.1, -0.05) is 46.9 Å². The number of nitrogens with zero attached hydrogens (tertiary/aromatic N) is 2. The number of ether oxygens (including phenoxy) is 1. The molecule has 0 radical (unpaired) electrons. The van der Waals surface area contributed by atoms with Gasteiger partial charge in [-0.15, -0.1) is 0 Å². The number of nitrogens with one attached hydrogen (secondary N) is 1. The van der Waals surface area contributed by atoms with Crippen LogP contribution in [0.2, 0.25) is 15.1 Å². The summed E-state index contributed by atoms with van der Waals surface area (Å²) in [6, 6.07) is 12.9. The van der Waals surface area contributed by atoms with E-state index in [4.69, 9.17) is 39.5 Å². The van der Waals surface area contributed by atoms with E-state index in [9.17, 15) is 21.2 Å². The fraction of sp³-hybridized carbons (Fsp3) is 0.280. The number of hydrogen-bond acceptors (Lipinski definition) is 6. The van der Waals surface area contributed by atoms with Crippen molar-refractivity contribution in [2.45, 2.75) is 16.2 Å². The molecule has 1 aliphatic heterocycles. The average molecular weight is 637 g/mol. The molecule has 1 fully saturated rings. The Morgan fingerprint density at radius 2 is 1.51 bits per heavy atom. The summed E-state index contributed by atoms with van der Waals surface area (Å²) in [7, 11) is -6.33. The third kappa shape index (κ3) is 6.79. The average Bonchev–Trinajstić information content (AvgIpc) is 2.91. The molecule has 1 aliphatic rings. The van der Waals surface area contributed by atoms with Gasteiger partial charge in [0.15, 0.2) is 0 Å². The van der Waals surface area contributed by atoms with Crippen LogP contribution in [0.25, 0.3) is 0 Å². The van der Waals surface area contributed by atoms with Crippen molar-refractivity contribution in [1.82, 2.24) is 9.03 Å². The van der Waals surface area contributed by atoms with E-state index in [2.05, 4.69) is 4.72 Å². The SMILES string of the molecule is COc1ccc(S(=O)(=O)NCCc2ccc(F)cc2)cc1N1CCN(S(=O)(=O)c2cc(Cl)c(Cl)cc2Cl)CC1. The van der Waals surface area contributed by atoms with Gasteiger partial charge >= 0.3 is 0 Å². The van der Waals surface area contributed by atoms with Crippen LogP contribution in [0, 0.1) is 5.82 Å². The highest BCUT2D eigenvalue weighted by molar-refractivity contribution is 7.89. The lowest BCUT2D eigenvalue weighted by molar-refractivity contribution is 0.378. The standard InChI is InChI=1S/C25H25Cl3FN3O5S2/c1-37-24-7-6-19(38(33,34)30-9-8-17-2-4-18(29)5-3-17)14-23(24)31-10-12-32(13-11-31)39(35,36)25-16-21(27)20(26)15-22(25)28/h2-7,14-16,30H,8-13H2,1H3. The molecular formula is C25H25Cl3FN3O5S2. The summed E-state index contributed by atoms with van der Waals surface area (Å²) in [5.74, 6) is 0.0887. The number of sulfonamides is 2. The van der Waals surface area contributed by atoms with Crippen LogP contribution in [0.15, 0.2) is 64.4 Å². The Kier molecular flexibility index (Phi) is 9.32. The van der Waals surface area contributed by atoms with Gasteiger partial charge in [0, 0.05) is 32.7 Å². The molecule has 3 aromatic rings. The molecule has 0 aromatic heterocycles. The second-order valence-corrected chi connectivity index (χ2v) is 13.6. The van der Waals surface area contributed by atoms with Crippen molar-refractivity contribution in [2.24, 2.45) is 0 Å². The lowest BCUT2D eigenvalue weighted by atomic mass is 10.1. The number of anilines is 1. The monoisotopic (exact) mass is 635 g/mol. The van der Waals surface area contributed by atoms with Crippen molar-refractivity contribution < 1.29 is 26.0 Å². The van der Waals surface area contributed by atoms with Crippen molar-refractivity contribution in [2.75, 3.05) is 44.7 Å². The highest BCUT2D eigenvalue weighted by Gasteiger charge is 2.32. The Morgan fingerprint density at radius 3 is 2.15 bits per heavy atom. The summed E-state index contributed by atoms with van der Waals surface area (Å²) in [4.78, 5) is 1.76. The maximum Gasteiger partial charge on any atom is 0.244 e. The third-order valence-corrected chi connectivity index (χ3v) is 10.8. The Hall–Kier alpha value is -2.12. The first-order chi connectivity index (χ1) is 18.4. The Balaban J connectivity index is 1.47. The molecule has 0 aliphatic carbocycles. The molecule has 1 N–H and O–H groups in total. The van der Waals surface area contributed by atoms with Crippen LogP contribution in [0.3, 0.4) is 0 Å². The molecule has 0 bridgehead atoms. The summed E-state index contributed by atoms with van der Waals surface area (Å²) >= 11 is 18.1. The molecule has 210 valence electrons. The zero-order chi connectivity index (χ0) is 28.4. The topological polar surface area (TPSA) is 96.0 Å². The van der Waals surface area contributed by atoms with Crippen LogP contribution < -0.4 is 14.4 Å². The van der Waals surface area contributed by atoms with Crippen molar-refractivity contribution in [3.05, 3.63) is 81.0 Å². The van der Waals surface area contributed by atoms with Crippen LogP contribution in [0.4, 0.5) is 10.1 Å². The van der Waals surface area contributed by atoms with E-state index in [0.29, 0.717) is 17.9 Å². The van der Waals surface area contributed by atoms with Gasteiger partial charge in [0.25, 0.3) is 0 Å². The van der Waals surface area contributed by atoms with Gasteiger partial charge in [-0.3, -0.25) is 0 Å². The molecule has 0 atom stereocenters. The minimum Gasteiger partial charge on any atom is -0.495 e.